The smallest absolute Gasteiger partial charge is 0.241 e. The third-order valence-corrected chi connectivity index (χ3v) is 6.58. The van der Waals surface area contributed by atoms with Gasteiger partial charge in [-0.25, -0.2) is 9.97 Å². The molecule has 0 spiro atoms. The molecule has 8 nitrogen and oxygen atoms in total. The molecule has 8 heteroatoms. The molecule has 0 bridgehead atoms. The van der Waals surface area contributed by atoms with E-state index >= 15 is 0 Å². The van der Waals surface area contributed by atoms with Crippen molar-refractivity contribution in [3.63, 3.8) is 0 Å². The molecule has 2 fully saturated rings. The van der Waals surface area contributed by atoms with Crippen LogP contribution >= 0.6 is 0 Å². The minimum absolute atomic E-state index is 0.0330. The quantitative estimate of drug-likeness (QED) is 0.610. The van der Waals surface area contributed by atoms with Crippen molar-refractivity contribution in [3.8, 4) is 11.3 Å². The van der Waals surface area contributed by atoms with Gasteiger partial charge in [0.25, 0.3) is 0 Å². The summed E-state index contributed by atoms with van der Waals surface area (Å²) >= 11 is 0. The second kappa shape index (κ2) is 10.9. The number of nitrogens with zero attached hydrogens (tertiary/aromatic N) is 3. The Morgan fingerprint density at radius 1 is 1.12 bits per heavy atom. The summed E-state index contributed by atoms with van der Waals surface area (Å²) in [5.74, 6) is 0.601. The van der Waals surface area contributed by atoms with E-state index in [2.05, 4.69) is 49.0 Å². The first-order valence-electron chi connectivity index (χ1n) is 12.2. The minimum Gasteiger partial charge on any atom is -0.379 e. The van der Waals surface area contributed by atoms with Crippen molar-refractivity contribution in [2.45, 2.75) is 37.8 Å². The van der Waals surface area contributed by atoms with Crippen LogP contribution in [0.1, 0.15) is 25.7 Å². The summed E-state index contributed by atoms with van der Waals surface area (Å²) in [4.78, 5) is 24.0. The highest BCUT2D eigenvalue weighted by Gasteiger charge is 2.21. The lowest BCUT2D eigenvalue weighted by Crippen LogP contribution is -2.43. The van der Waals surface area contributed by atoms with Crippen molar-refractivity contribution in [3.05, 3.63) is 60.5 Å². The average molecular weight is 461 g/mol. The van der Waals surface area contributed by atoms with Crippen LogP contribution in [0.2, 0.25) is 0 Å². The maximum Gasteiger partial charge on any atom is 0.241 e. The number of ether oxygens (including phenoxy) is 1. The van der Waals surface area contributed by atoms with E-state index in [0.29, 0.717) is 12.0 Å². The Morgan fingerprint density at radius 3 is 2.71 bits per heavy atom. The summed E-state index contributed by atoms with van der Waals surface area (Å²) < 4.78 is 5.46. The van der Waals surface area contributed by atoms with Gasteiger partial charge in [0.1, 0.15) is 0 Å². The van der Waals surface area contributed by atoms with E-state index in [1.165, 1.54) is 0 Å². The molecule has 2 atom stereocenters. The Labute approximate surface area is 200 Å². The molecular weight excluding hydrogens is 428 g/mol. The Hall–Kier alpha value is -3.07. The monoisotopic (exact) mass is 460 g/mol. The second-order valence-corrected chi connectivity index (χ2v) is 8.93. The van der Waals surface area contributed by atoms with E-state index in [1.807, 2.05) is 30.3 Å². The topological polar surface area (TPSA) is 91.4 Å². The fourth-order valence-corrected chi connectivity index (χ4v) is 4.62. The van der Waals surface area contributed by atoms with E-state index in [4.69, 9.17) is 4.74 Å². The molecule has 2 saturated heterocycles. The Balaban J connectivity index is 1.18. The van der Waals surface area contributed by atoms with Crippen LogP contribution in [-0.4, -0.2) is 65.7 Å². The van der Waals surface area contributed by atoms with Gasteiger partial charge in [0.05, 0.1) is 24.9 Å². The summed E-state index contributed by atoms with van der Waals surface area (Å²) in [6, 6.07) is 10.0. The average Bonchev–Trinajstić information content (AvgIpc) is 2.91. The Bertz CT molecular complexity index is 1040. The maximum atomic E-state index is 12.4. The van der Waals surface area contributed by atoms with Crippen LogP contribution in [0.25, 0.3) is 11.3 Å². The van der Waals surface area contributed by atoms with E-state index in [1.54, 1.807) is 6.20 Å². The predicted octanol–water partition coefficient (Wildman–Crippen LogP) is 3.18. The molecule has 34 heavy (non-hydrogen) atoms. The molecule has 1 aromatic carbocycles. The Morgan fingerprint density at radius 2 is 1.97 bits per heavy atom. The van der Waals surface area contributed by atoms with Gasteiger partial charge >= 0.3 is 0 Å². The number of hydrogen-bond donors (Lipinski definition) is 3. The molecule has 2 aliphatic heterocycles. The van der Waals surface area contributed by atoms with Gasteiger partial charge < -0.3 is 20.7 Å². The minimum atomic E-state index is -0.101. The van der Waals surface area contributed by atoms with Gasteiger partial charge in [-0.15, -0.1) is 0 Å². The largest absolute Gasteiger partial charge is 0.379 e. The lowest BCUT2D eigenvalue weighted by molar-refractivity contribution is -0.118. The number of anilines is 2. The number of hydrogen-bond acceptors (Lipinski definition) is 7. The maximum absolute atomic E-state index is 12.4. The number of amides is 1. The highest BCUT2D eigenvalue weighted by atomic mass is 16.5. The van der Waals surface area contributed by atoms with Gasteiger partial charge in [-0.2, -0.15) is 0 Å². The van der Waals surface area contributed by atoms with Crippen LogP contribution in [0, 0.1) is 0 Å². The lowest BCUT2D eigenvalue weighted by atomic mass is 10.0. The van der Waals surface area contributed by atoms with Crippen LogP contribution < -0.4 is 16.0 Å². The zero-order valence-electron chi connectivity index (χ0n) is 19.4. The molecule has 3 aliphatic rings. The number of carbonyl (C=O) groups is 1. The normalized spacial score (nSPS) is 23.2. The van der Waals surface area contributed by atoms with E-state index < -0.39 is 0 Å². The number of morpholine rings is 1. The Kier molecular flexibility index (Phi) is 7.28. The summed E-state index contributed by atoms with van der Waals surface area (Å²) in [7, 11) is 0. The van der Waals surface area contributed by atoms with Crippen molar-refractivity contribution < 1.29 is 9.53 Å². The first-order chi connectivity index (χ1) is 16.7. The van der Waals surface area contributed by atoms with Crippen molar-refractivity contribution in [2.24, 2.45) is 0 Å². The first kappa shape index (κ1) is 22.7. The predicted molar refractivity (Wildman–Crippen MR) is 133 cm³/mol. The van der Waals surface area contributed by atoms with Crippen molar-refractivity contribution in [2.75, 3.05) is 43.5 Å². The molecule has 5 rings (SSSR count). The van der Waals surface area contributed by atoms with Gasteiger partial charge in [0, 0.05) is 42.3 Å². The fraction of sp³-hybridized carbons (Fsp3) is 0.423. The molecule has 1 aromatic heterocycles. The number of allylic oxidation sites excluding steroid dienone is 1. The number of benzene rings is 1. The molecule has 178 valence electrons. The first-order valence-corrected chi connectivity index (χ1v) is 12.2. The van der Waals surface area contributed by atoms with Crippen LogP contribution in [0.5, 0.6) is 0 Å². The third kappa shape index (κ3) is 5.70. The van der Waals surface area contributed by atoms with Gasteiger partial charge in [-0.1, -0.05) is 30.7 Å². The molecule has 1 amide bonds. The van der Waals surface area contributed by atoms with Gasteiger partial charge in [0.2, 0.25) is 11.9 Å². The van der Waals surface area contributed by atoms with Gasteiger partial charge in [0.15, 0.2) is 0 Å². The molecule has 3 heterocycles. The number of nitrogens with one attached hydrogen (secondary N) is 3. The van der Waals surface area contributed by atoms with E-state index in [9.17, 15) is 4.79 Å². The van der Waals surface area contributed by atoms with Gasteiger partial charge in [-0.05, 0) is 50.1 Å². The third-order valence-electron chi connectivity index (χ3n) is 6.58. The highest BCUT2D eigenvalue weighted by Crippen LogP contribution is 2.22. The van der Waals surface area contributed by atoms with Crippen LogP contribution in [-0.2, 0) is 9.53 Å². The molecule has 0 saturated carbocycles. The molecule has 3 N–H and O–H groups in total. The second-order valence-electron chi connectivity index (χ2n) is 8.93. The van der Waals surface area contributed by atoms with Crippen LogP contribution in [0.15, 0.2) is 60.5 Å². The number of aromatic nitrogens is 2. The van der Waals surface area contributed by atoms with Gasteiger partial charge in [-0.3, -0.25) is 9.69 Å². The summed E-state index contributed by atoms with van der Waals surface area (Å²) in [5.41, 5.74) is 3.60. The number of carbonyl (C=O) groups excluding carboxylic acids is 1. The molecule has 1 unspecified atom stereocenters. The molecular formula is C26H32N6O2. The van der Waals surface area contributed by atoms with Crippen LogP contribution in [0.4, 0.5) is 11.6 Å². The summed E-state index contributed by atoms with van der Waals surface area (Å²) in [6.45, 7) is 4.49. The lowest BCUT2D eigenvalue weighted by Gasteiger charge is -2.33. The molecule has 1 aliphatic carbocycles. The SMILES string of the molecule is O=C(Nc1ccc(-c2ccnc(NC3=CCC(N4CCOCC4)C=C3)n2)cc1)[C@H]1CCCCN1. The summed E-state index contributed by atoms with van der Waals surface area (Å²) in [6.07, 6.45) is 12.4. The highest BCUT2D eigenvalue weighted by molar-refractivity contribution is 5.95. The standard InChI is InChI=1S/C26H32N6O2/c33-25(24-3-1-2-13-27-24)29-20-6-4-19(5-7-20)23-12-14-28-26(31-23)30-21-8-10-22(11-9-21)32-15-17-34-18-16-32/h4-10,12,14,22,24,27H,1-3,11,13,15-18H2,(H,29,33)(H,28,30,31)/t22?,24-/m1/s1. The summed E-state index contributed by atoms with van der Waals surface area (Å²) in [5, 5.41) is 9.63. The number of piperidine rings is 1. The number of rotatable bonds is 6. The van der Waals surface area contributed by atoms with Crippen molar-refractivity contribution in [1.29, 1.82) is 0 Å². The zero-order chi connectivity index (χ0) is 23.2. The van der Waals surface area contributed by atoms with Crippen LogP contribution in [0.3, 0.4) is 0 Å². The zero-order valence-corrected chi connectivity index (χ0v) is 19.4. The molecule has 0 radical (unpaired) electrons. The van der Waals surface area contributed by atoms with Crippen molar-refractivity contribution >= 4 is 17.5 Å². The fourth-order valence-electron chi connectivity index (χ4n) is 4.62. The van der Waals surface area contributed by atoms with E-state index in [-0.39, 0.29) is 11.9 Å². The molecule has 2 aromatic rings. The van der Waals surface area contributed by atoms with Crippen molar-refractivity contribution in [1.82, 2.24) is 20.2 Å². The van der Waals surface area contributed by atoms with E-state index in [0.717, 1.165) is 81.2 Å².